The quantitative estimate of drug-likeness (QED) is 0.569. The van der Waals surface area contributed by atoms with Crippen molar-refractivity contribution in [3.8, 4) is 0 Å². The Labute approximate surface area is 138 Å². The van der Waals surface area contributed by atoms with Gasteiger partial charge in [0.05, 0.1) is 18.8 Å². The van der Waals surface area contributed by atoms with Gasteiger partial charge in [-0.25, -0.2) is 14.4 Å². The molecule has 0 aromatic heterocycles. The average molecular weight is 335 g/mol. The third kappa shape index (κ3) is 3.19. The van der Waals surface area contributed by atoms with E-state index < -0.39 is 23.4 Å². The number of hydrogen-bond acceptors (Lipinski definition) is 9. The number of esters is 2. The van der Waals surface area contributed by atoms with Crippen molar-refractivity contribution in [3.63, 3.8) is 0 Å². The number of carbonyl (C=O) groups is 3. The first kappa shape index (κ1) is 17.4. The highest BCUT2D eigenvalue weighted by molar-refractivity contribution is 6.05. The Hall–Kier alpha value is -2.97. The maximum atomic E-state index is 12.3. The van der Waals surface area contributed by atoms with Crippen LogP contribution in [0.4, 0.5) is 0 Å². The molecule has 9 nitrogen and oxygen atoms in total. The van der Waals surface area contributed by atoms with Crippen LogP contribution in [0.25, 0.3) is 0 Å². The van der Waals surface area contributed by atoms with Gasteiger partial charge in [0.15, 0.2) is 0 Å². The fourth-order valence-electron chi connectivity index (χ4n) is 2.00. The van der Waals surface area contributed by atoms with Crippen LogP contribution in [0.1, 0.15) is 24.2 Å². The molecule has 9 heteroatoms. The summed E-state index contributed by atoms with van der Waals surface area (Å²) in [5.74, 6) is -2.70. The van der Waals surface area contributed by atoms with Crippen molar-refractivity contribution in [2.75, 3.05) is 19.8 Å². The Morgan fingerprint density at radius 1 is 1.08 bits per heavy atom. The number of ether oxygens (including phenoxy) is 2. The molecule has 0 aliphatic carbocycles. The van der Waals surface area contributed by atoms with E-state index in [1.807, 2.05) is 0 Å². The molecule has 128 valence electrons. The van der Waals surface area contributed by atoms with Crippen molar-refractivity contribution in [3.05, 3.63) is 35.9 Å². The molecule has 0 radical (unpaired) electrons. The monoisotopic (exact) mass is 335 g/mol. The zero-order valence-corrected chi connectivity index (χ0v) is 13.3. The second-order valence-corrected chi connectivity index (χ2v) is 4.71. The molecule has 0 bridgehead atoms. The summed E-state index contributed by atoms with van der Waals surface area (Å²) in [5, 5.41) is 7.77. The fourth-order valence-corrected chi connectivity index (χ4v) is 2.00. The molecule has 0 spiro atoms. The van der Waals surface area contributed by atoms with E-state index in [1.54, 1.807) is 32.0 Å². The average Bonchev–Trinajstić information content (AvgIpc) is 3.00. The third-order valence-corrected chi connectivity index (χ3v) is 3.18. The Kier molecular flexibility index (Phi) is 5.46. The predicted molar refractivity (Wildman–Crippen MR) is 79.4 cm³/mol. The fraction of sp³-hybridized carbons (Fsp3) is 0.400. The number of hydroxylamine groups is 1. The molecular formula is C15H17N3O6. The minimum absolute atomic E-state index is 0.0282. The van der Waals surface area contributed by atoms with Crippen LogP contribution in [0.3, 0.4) is 0 Å². The highest BCUT2D eigenvalue weighted by Gasteiger charge is 2.60. The van der Waals surface area contributed by atoms with Crippen LogP contribution in [0, 0.1) is 0 Å². The van der Waals surface area contributed by atoms with Crippen molar-refractivity contribution in [2.24, 2.45) is 10.3 Å². The molecule has 0 saturated heterocycles. The van der Waals surface area contributed by atoms with Crippen LogP contribution < -0.4 is 0 Å². The van der Waals surface area contributed by atoms with Gasteiger partial charge in [-0.05, 0) is 31.2 Å². The van der Waals surface area contributed by atoms with Crippen molar-refractivity contribution in [1.82, 2.24) is 5.17 Å². The van der Waals surface area contributed by atoms with Gasteiger partial charge in [0.1, 0.15) is 6.54 Å². The highest BCUT2D eigenvalue weighted by atomic mass is 16.8. The molecule has 0 saturated carbocycles. The standard InChI is InChI=1S/C15H17N3O6/c1-3-22-13(20)15(14(21)23-4-2)10-16-17-18(15)24-12(19)11-8-6-5-7-9-11/h5-9H,3-4,10H2,1-2H3. The molecule has 0 unspecified atom stereocenters. The lowest BCUT2D eigenvalue weighted by Crippen LogP contribution is -2.59. The number of nitrogens with zero attached hydrogens (tertiary/aromatic N) is 3. The summed E-state index contributed by atoms with van der Waals surface area (Å²) in [4.78, 5) is 41.9. The van der Waals surface area contributed by atoms with Crippen molar-refractivity contribution < 1.29 is 28.7 Å². The number of rotatable bonds is 6. The van der Waals surface area contributed by atoms with Gasteiger partial charge >= 0.3 is 23.4 Å². The molecule has 1 heterocycles. The smallest absolute Gasteiger partial charge is 0.365 e. The number of carbonyl (C=O) groups excluding carboxylic acids is 3. The van der Waals surface area contributed by atoms with Gasteiger partial charge in [-0.15, -0.1) is 0 Å². The maximum absolute atomic E-state index is 12.3. The SMILES string of the molecule is CCOC(=O)C1(C(=O)OCC)CN=NN1OC(=O)c1ccccc1. The molecule has 0 amide bonds. The second kappa shape index (κ2) is 7.53. The normalized spacial score (nSPS) is 15.0. The van der Waals surface area contributed by atoms with Crippen LogP contribution in [0.15, 0.2) is 40.7 Å². The zero-order valence-electron chi connectivity index (χ0n) is 13.3. The van der Waals surface area contributed by atoms with Gasteiger partial charge in [-0.2, -0.15) is 5.11 Å². The van der Waals surface area contributed by atoms with Crippen LogP contribution in [-0.2, 0) is 23.9 Å². The van der Waals surface area contributed by atoms with E-state index in [1.165, 1.54) is 12.1 Å². The highest BCUT2D eigenvalue weighted by Crippen LogP contribution is 2.28. The van der Waals surface area contributed by atoms with Crippen LogP contribution in [0.2, 0.25) is 0 Å². The molecule has 0 N–H and O–H groups in total. The van der Waals surface area contributed by atoms with Crippen LogP contribution in [-0.4, -0.2) is 48.4 Å². The van der Waals surface area contributed by atoms with Gasteiger partial charge in [0, 0.05) is 0 Å². The summed E-state index contributed by atoms with van der Waals surface area (Å²) in [5.41, 5.74) is -1.85. The van der Waals surface area contributed by atoms with E-state index in [4.69, 9.17) is 14.3 Å². The lowest BCUT2D eigenvalue weighted by molar-refractivity contribution is -0.207. The molecule has 2 rings (SSSR count). The largest absolute Gasteiger partial charge is 0.464 e. The Morgan fingerprint density at radius 2 is 1.67 bits per heavy atom. The summed E-state index contributed by atoms with van der Waals surface area (Å²) in [7, 11) is 0. The first-order valence-electron chi connectivity index (χ1n) is 7.35. The minimum atomic E-state index is -2.07. The molecule has 1 aromatic rings. The van der Waals surface area contributed by atoms with Crippen LogP contribution in [0.5, 0.6) is 0 Å². The first-order valence-corrected chi connectivity index (χ1v) is 7.35. The molecule has 1 aliphatic heterocycles. The third-order valence-electron chi connectivity index (χ3n) is 3.18. The lowest BCUT2D eigenvalue weighted by atomic mass is 10.0. The van der Waals surface area contributed by atoms with Crippen molar-refractivity contribution in [2.45, 2.75) is 19.4 Å². The topological polar surface area (TPSA) is 107 Å². The van der Waals surface area contributed by atoms with Gasteiger partial charge in [0.25, 0.3) is 0 Å². The Morgan fingerprint density at radius 3 is 2.21 bits per heavy atom. The van der Waals surface area contributed by atoms with E-state index in [2.05, 4.69) is 10.3 Å². The minimum Gasteiger partial charge on any atom is -0.464 e. The van der Waals surface area contributed by atoms with E-state index in [0.717, 1.165) is 0 Å². The number of benzene rings is 1. The maximum Gasteiger partial charge on any atom is 0.365 e. The summed E-state index contributed by atoms with van der Waals surface area (Å²) in [6, 6.07) is 8.06. The molecule has 0 atom stereocenters. The Balaban J connectivity index is 2.28. The summed E-state index contributed by atoms with van der Waals surface area (Å²) < 4.78 is 9.84. The van der Waals surface area contributed by atoms with Gasteiger partial charge in [-0.3, -0.25) is 0 Å². The second-order valence-electron chi connectivity index (χ2n) is 4.71. The zero-order chi connectivity index (χ0) is 17.6. The summed E-state index contributed by atoms with van der Waals surface area (Å²) in [6.45, 7) is 2.86. The molecular weight excluding hydrogens is 318 g/mol. The Bertz CT molecular complexity index is 628. The van der Waals surface area contributed by atoms with Crippen molar-refractivity contribution >= 4 is 17.9 Å². The van der Waals surface area contributed by atoms with Gasteiger partial charge in [-0.1, -0.05) is 23.4 Å². The van der Waals surface area contributed by atoms with Gasteiger partial charge in [0.2, 0.25) is 0 Å². The summed E-state index contributed by atoms with van der Waals surface area (Å²) in [6.07, 6.45) is 0. The molecule has 1 aliphatic rings. The van der Waals surface area contributed by atoms with E-state index in [0.29, 0.717) is 5.17 Å². The van der Waals surface area contributed by atoms with E-state index in [-0.39, 0.29) is 25.3 Å². The van der Waals surface area contributed by atoms with Gasteiger partial charge < -0.3 is 14.3 Å². The van der Waals surface area contributed by atoms with E-state index >= 15 is 0 Å². The van der Waals surface area contributed by atoms with E-state index in [9.17, 15) is 14.4 Å². The number of hydrogen-bond donors (Lipinski definition) is 0. The lowest BCUT2D eigenvalue weighted by Gasteiger charge is -2.29. The molecule has 0 fully saturated rings. The molecule has 24 heavy (non-hydrogen) atoms. The molecule has 1 aromatic carbocycles. The van der Waals surface area contributed by atoms with Crippen LogP contribution >= 0.6 is 0 Å². The van der Waals surface area contributed by atoms with Crippen molar-refractivity contribution in [1.29, 1.82) is 0 Å². The predicted octanol–water partition coefficient (Wildman–Crippen LogP) is 1.31. The first-order chi connectivity index (χ1) is 11.6. The summed E-state index contributed by atoms with van der Waals surface area (Å²) >= 11 is 0.